The van der Waals surface area contributed by atoms with E-state index in [1.165, 1.54) is 0 Å². The number of benzene rings is 1. The summed E-state index contributed by atoms with van der Waals surface area (Å²) in [5, 5.41) is 11.7. The monoisotopic (exact) mass is 277 g/mol. The number of rotatable bonds is 6. The van der Waals surface area contributed by atoms with Gasteiger partial charge in [0.15, 0.2) is 6.10 Å². The highest BCUT2D eigenvalue weighted by molar-refractivity contribution is 5.83. The van der Waals surface area contributed by atoms with Gasteiger partial charge in [-0.15, -0.1) is 0 Å². The van der Waals surface area contributed by atoms with E-state index in [-0.39, 0.29) is 12.5 Å². The molecule has 108 valence electrons. The number of aryl methyl sites for hydroxylation is 1. The van der Waals surface area contributed by atoms with Gasteiger partial charge in [-0.3, -0.25) is 9.59 Å². The van der Waals surface area contributed by atoms with Gasteiger partial charge in [-0.05, 0) is 44.4 Å². The van der Waals surface area contributed by atoms with Gasteiger partial charge in [0.2, 0.25) is 0 Å². The van der Waals surface area contributed by atoms with E-state index >= 15 is 0 Å². The molecule has 0 aliphatic heterocycles. The second-order valence-electron chi connectivity index (χ2n) is 5.38. The van der Waals surface area contributed by atoms with Crippen LogP contribution in [0.1, 0.15) is 25.3 Å². The van der Waals surface area contributed by atoms with Crippen LogP contribution in [-0.4, -0.2) is 29.6 Å². The molecule has 1 fully saturated rings. The maximum absolute atomic E-state index is 11.9. The Morgan fingerprint density at radius 2 is 2.15 bits per heavy atom. The lowest BCUT2D eigenvalue weighted by Crippen LogP contribution is -2.41. The summed E-state index contributed by atoms with van der Waals surface area (Å²) in [5.74, 6) is -0.504. The van der Waals surface area contributed by atoms with Crippen LogP contribution in [-0.2, 0) is 9.59 Å². The topological polar surface area (TPSA) is 75.6 Å². The fourth-order valence-corrected chi connectivity index (χ4v) is 1.96. The Hall–Kier alpha value is -2.04. The lowest BCUT2D eigenvalue weighted by atomic mass is 10.1. The molecule has 0 bridgehead atoms. The molecular weight excluding hydrogens is 258 g/mol. The highest BCUT2D eigenvalue weighted by Gasteiger charge is 2.50. The van der Waals surface area contributed by atoms with Gasteiger partial charge in [0.1, 0.15) is 5.75 Å². The van der Waals surface area contributed by atoms with Gasteiger partial charge in [-0.1, -0.05) is 12.1 Å². The van der Waals surface area contributed by atoms with Gasteiger partial charge in [0.25, 0.3) is 5.91 Å². The summed E-state index contributed by atoms with van der Waals surface area (Å²) < 4.78 is 5.54. The lowest BCUT2D eigenvalue weighted by molar-refractivity contribution is -0.143. The molecule has 20 heavy (non-hydrogen) atoms. The Kier molecular flexibility index (Phi) is 3.97. The zero-order valence-electron chi connectivity index (χ0n) is 11.7. The van der Waals surface area contributed by atoms with Crippen LogP contribution < -0.4 is 10.1 Å². The van der Waals surface area contributed by atoms with Gasteiger partial charge < -0.3 is 15.2 Å². The van der Waals surface area contributed by atoms with Crippen LogP contribution >= 0.6 is 0 Å². The Balaban J connectivity index is 1.85. The summed E-state index contributed by atoms with van der Waals surface area (Å²) >= 11 is 0. The van der Waals surface area contributed by atoms with Crippen LogP contribution in [0.3, 0.4) is 0 Å². The van der Waals surface area contributed by atoms with Crippen molar-refractivity contribution in [3.63, 3.8) is 0 Å². The molecule has 1 aromatic rings. The molecular formula is C15H19NO4. The molecule has 2 rings (SSSR count). The average Bonchev–Trinajstić information content (AvgIpc) is 3.17. The summed E-state index contributed by atoms with van der Waals surface area (Å²) in [7, 11) is 0. The molecule has 1 saturated carbocycles. The van der Waals surface area contributed by atoms with E-state index in [4.69, 9.17) is 9.84 Å². The van der Waals surface area contributed by atoms with Crippen molar-refractivity contribution in [2.24, 2.45) is 5.41 Å². The van der Waals surface area contributed by atoms with Crippen molar-refractivity contribution in [2.75, 3.05) is 6.54 Å². The fourth-order valence-electron chi connectivity index (χ4n) is 1.96. The van der Waals surface area contributed by atoms with E-state index in [2.05, 4.69) is 5.32 Å². The molecule has 5 heteroatoms. The second kappa shape index (κ2) is 5.53. The largest absolute Gasteiger partial charge is 0.481 e. The van der Waals surface area contributed by atoms with Crippen molar-refractivity contribution in [2.45, 2.75) is 32.8 Å². The van der Waals surface area contributed by atoms with Crippen LogP contribution in [0.2, 0.25) is 0 Å². The zero-order chi connectivity index (χ0) is 14.8. The predicted octanol–water partition coefficient (Wildman–Crippen LogP) is 1.74. The first-order valence-electron chi connectivity index (χ1n) is 6.67. The Morgan fingerprint density at radius 3 is 2.70 bits per heavy atom. The molecule has 1 aliphatic rings. The summed E-state index contributed by atoms with van der Waals surface area (Å²) in [4.78, 5) is 22.9. The Labute approximate surface area is 117 Å². The van der Waals surface area contributed by atoms with E-state index in [0.29, 0.717) is 18.6 Å². The number of nitrogens with one attached hydrogen (secondary N) is 1. The van der Waals surface area contributed by atoms with Crippen molar-refractivity contribution >= 4 is 11.9 Å². The highest BCUT2D eigenvalue weighted by atomic mass is 16.5. The first-order chi connectivity index (χ1) is 9.43. The number of carboxylic acid groups (broad SMARTS) is 1. The summed E-state index contributed by atoms with van der Waals surface area (Å²) in [6.45, 7) is 3.77. The van der Waals surface area contributed by atoms with Crippen molar-refractivity contribution in [3.8, 4) is 5.75 Å². The number of hydrogen-bond acceptors (Lipinski definition) is 3. The van der Waals surface area contributed by atoms with Gasteiger partial charge in [-0.25, -0.2) is 0 Å². The molecule has 1 atom stereocenters. The van der Waals surface area contributed by atoms with E-state index in [9.17, 15) is 9.59 Å². The predicted molar refractivity (Wildman–Crippen MR) is 73.6 cm³/mol. The Bertz CT molecular complexity index is 522. The SMILES string of the molecule is Cc1cccc(OC(C)C(=O)NCC2(C(=O)O)CC2)c1. The molecule has 0 heterocycles. The molecule has 0 aromatic heterocycles. The molecule has 1 aromatic carbocycles. The van der Waals surface area contributed by atoms with Crippen molar-refractivity contribution in [1.82, 2.24) is 5.32 Å². The van der Waals surface area contributed by atoms with Crippen molar-refractivity contribution in [1.29, 1.82) is 0 Å². The number of carbonyl (C=O) groups excluding carboxylic acids is 1. The quantitative estimate of drug-likeness (QED) is 0.830. The van der Waals surface area contributed by atoms with Crippen LogP contribution in [0, 0.1) is 12.3 Å². The van der Waals surface area contributed by atoms with Crippen LogP contribution in [0.4, 0.5) is 0 Å². The van der Waals surface area contributed by atoms with Gasteiger partial charge in [0, 0.05) is 6.54 Å². The number of hydrogen-bond donors (Lipinski definition) is 2. The third-order valence-corrected chi connectivity index (χ3v) is 3.58. The number of amides is 1. The van der Waals surface area contributed by atoms with Gasteiger partial charge in [0.05, 0.1) is 5.41 Å². The van der Waals surface area contributed by atoms with E-state index < -0.39 is 17.5 Å². The standard InChI is InChI=1S/C15H19NO4/c1-10-4-3-5-12(8-10)20-11(2)13(17)16-9-15(6-7-15)14(18)19/h3-5,8,11H,6-7,9H2,1-2H3,(H,16,17)(H,18,19). The van der Waals surface area contributed by atoms with E-state index in [1.807, 2.05) is 25.1 Å². The van der Waals surface area contributed by atoms with Gasteiger partial charge >= 0.3 is 5.97 Å². The molecule has 5 nitrogen and oxygen atoms in total. The number of aliphatic carboxylic acids is 1. The number of carboxylic acids is 1. The van der Waals surface area contributed by atoms with Gasteiger partial charge in [-0.2, -0.15) is 0 Å². The molecule has 1 unspecified atom stereocenters. The molecule has 0 saturated heterocycles. The minimum Gasteiger partial charge on any atom is -0.481 e. The van der Waals surface area contributed by atoms with Crippen molar-refractivity contribution < 1.29 is 19.4 Å². The van der Waals surface area contributed by atoms with E-state index in [0.717, 1.165) is 5.56 Å². The first kappa shape index (κ1) is 14.4. The van der Waals surface area contributed by atoms with E-state index in [1.54, 1.807) is 13.0 Å². The maximum atomic E-state index is 11.9. The lowest BCUT2D eigenvalue weighted by Gasteiger charge is -2.17. The third kappa shape index (κ3) is 3.29. The minimum absolute atomic E-state index is 0.169. The first-order valence-corrected chi connectivity index (χ1v) is 6.67. The second-order valence-corrected chi connectivity index (χ2v) is 5.38. The number of ether oxygens (including phenoxy) is 1. The van der Waals surface area contributed by atoms with Crippen LogP contribution in [0.25, 0.3) is 0 Å². The minimum atomic E-state index is -0.843. The molecule has 1 aliphatic carbocycles. The molecule has 0 radical (unpaired) electrons. The molecule has 2 N–H and O–H groups in total. The zero-order valence-corrected chi connectivity index (χ0v) is 11.7. The fraction of sp³-hybridized carbons (Fsp3) is 0.467. The Morgan fingerprint density at radius 1 is 1.45 bits per heavy atom. The maximum Gasteiger partial charge on any atom is 0.311 e. The number of carbonyl (C=O) groups is 2. The summed E-state index contributed by atoms with van der Waals surface area (Å²) in [6.07, 6.45) is 0.590. The normalized spacial score (nSPS) is 17.1. The summed E-state index contributed by atoms with van der Waals surface area (Å²) in [5.41, 5.74) is 0.302. The summed E-state index contributed by atoms with van der Waals surface area (Å²) in [6, 6.07) is 7.44. The van der Waals surface area contributed by atoms with Crippen LogP contribution in [0.15, 0.2) is 24.3 Å². The molecule has 1 amide bonds. The third-order valence-electron chi connectivity index (χ3n) is 3.58. The highest BCUT2D eigenvalue weighted by Crippen LogP contribution is 2.45. The smallest absolute Gasteiger partial charge is 0.311 e. The molecule has 0 spiro atoms. The van der Waals surface area contributed by atoms with Crippen molar-refractivity contribution in [3.05, 3.63) is 29.8 Å². The van der Waals surface area contributed by atoms with Crippen LogP contribution in [0.5, 0.6) is 5.75 Å². The average molecular weight is 277 g/mol.